The number of nitrogens with zero attached hydrogens (tertiary/aromatic N) is 1. The van der Waals surface area contributed by atoms with Crippen molar-refractivity contribution >= 4 is 21.8 Å². The Hall–Kier alpha value is -5.66. The molecule has 0 spiro atoms. The van der Waals surface area contributed by atoms with E-state index in [0.717, 1.165) is 0 Å². The average molecular weight is 588 g/mol. The van der Waals surface area contributed by atoms with Crippen molar-refractivity contribution in [1.29, 1.82) is 0 Å². The van der Waals surface area contributed by atoms with E-state index in [1.807, 2.05) is 0 Å². The van der Waals surface area contributed by atoms with Crippen LogP contribution in [0.15, 0.2) is 164 Å². The monoisotopic (exact) mass is 587 g/mol. The summed E-state index contributed by atoms with van der Waals surface area (Å²) in [6.07, 6.45) is 0. The van der Waals surface area contributed by atoms with Gasteiger partial charge in [0.15, 0.2) is 0 Å². The summed E-state index contributed by atoms with van der Waals surface area (Å²) in [5.74, 6) is 0. The van der Waals surface area contributed by atoms with Gasteiger partial charge in [0.2, 0.25) is 0 Å². The lowest BCUT2D eigenvalue weighted by atomic mass is 9.82. The first-order valence-corrected chi connectivity index (χ1v) is 16.1. The zero-order valence-corrected chi connectivity index (χ0v) is 26.0. The van der Waals surface area contributed by atoms with E-state index in [4.69, 9.17) is 0 Å². The van der Waals surface area contributed by atoms with E-state index in [2.05, 4.69) is 182 Å². The van der Waals surface area contributed by atoms with E-state index in [1.54, 1.807) is 0 Å². The Kier molecular flexibility index (Phi) is 5.92. The number of rotatable bonds is 4. The Labute approximate surface area is 270 Å². The second kappa shape index (κ2) is 10.2. The van der Waals surface area contributed by atoms with Gasteiger partial charge in [-0.2, -0.15) is 0 Å². The van der Waals surface area contributed by atoms with E-state index in [1.165, 1.54) is 83.1 Å². The predicted octanol–water partition coefficient (Wildman–Crippen LogP) is 12.1. The Balaban J connectivity index is 1.21. The highest BCUT2D eigenvalue weighted by atomic mass is 15.0. The Morgan fingerprint density at radius 3 is 1.61 bits per heavy atom. The van der Waals surface area contributed by atoms with Gasteiger partial charge in [-0.15, -0.1) is 0 Å². The lowest BCUT2D eigenvalue weighted by Gasteiger charge is -2.21. The summed E-state index contributed by atoms with van der Waals surface area (Å²) in [6, 6.07) is 60.0. The molecular formula is C45H33N. The van der Waals surface area contributed by atoms with Gasteiger partial charge in [-0.1, -0.05) is 135 Å². The molecule has 0 N–H and O–H groups in total. The largest absolute Gasteiger partial charge is 0.309 e. The van der Waals surface area contributed by atoms with Crippen LogP contribution in [-0.4, -0.2) is 4.57 Å². The van der Waals surface area contributed by atoms with Gasteiger partial charge in [-0.05, 0) is 98.1 Å². The number of aromatic nitrogens is 1. The van der Waals surface area contributed by atoms with Crippen molar-refractivity contribution in [1.82, 2.24) is 4.57 Å². The van der Waals surface area contributed by atoms with Crippen LogP contribution in [0.1, 0.15) is 25.0 Å². The molecular weight excluding hydrogens is 555 g/mol. The average Bonchev–Trinajstić information content (AvgIpc) is 3.58. The smallest absolute Gasteiger partial charge is 0.0547 e. The molecule has 9 rings (SSSR count). The second-order valence-corrected chi connectivity index (χ2v) is 13.0. The topological polar surface area (TPSA) is 4.93 Å². The number of hydrogen-bond donors (Lipinski definition) is 0. The molecule has 0 saturated carbocycles. The first kappa shape index (κ1) is 26.7. The van der Waals surface area contributed by atoms with E-state index >= 15 is 0 Å². The van der Waals surface area contributed by atoms with Crippen LogP contribution in [0.25, 0.3) is 72.0 Å². The molecule has 0 saturated heterocycles. The van der Waals surface area contributed by atoms with E-state index in [0.29, 0.717) is 0 Å². The molecule has 218 valence electrons. The summed E-state index contributed by atoms with van der Waals surface area (Å²) >= 11 is 0. The normalized spacial score (nSPS) is 13.2. The van der Waals surface area contributed by atoms with Gasteiger partial charge >= 0.3 is 0 Å². The maximum Gasteiger partial charge on any atom is 0.0547 e. The fourth-order valence-corrected chi connectivity index (χ4v) is 7.72. The molecule has 1 aromatic heterocycles. The minimum Gasteiger partial charge on any atom is -0.309 e. The van der Waals surface area contributed by atoms with Crippen LogP contribution in [-0.2, 0) is 5.41 Å². The third-order valence-corrected chi connectivity index (χ3v) is 9.99. The fraction of sp³-hybridized carbons (Fsp3) is 0.0667. The van der Waals surface area contributed by atoms with Crippen molar-refractivity contribution in [3.63, 3.8) is 0 Å². The molecule has 0 unspecified atom stereocenters. The molecule has 0 fully saturated rings. The minimum atomic E-state index is -0.0299. The molecule has 0 amide bonds. The predicted molar refractivity (Wildman–Crippen MR) is 195 cm³/mol. The standard InChI is InChI=1S/C45H33N/c1-45(2)39-19-11-9-17-37(39)43-40(45)25-26-42-44(43)38-18-10-12-20-41(38)46(42)36-23-21-32(22-24-36)35-28-33(30-13-5-3-6-14-30)27-34(29-35)31-15-7-4-8-16-31/h3-29H,1-2H3. The quantitative estimate of drug-likeness (QED) is 0.193. The van der Waals surface area contributed by atoms with Crippen molar-refractivity contribution in [3.05, 3.63) is 175 Å². The van der Waals surface area contributed by atoms with Gasteiger partial charge in [0.05, 0.1) is 11.0 Å². The number of hydrogen-bond acceptors (Lipinski definition) is 0. The molecule has 0 atom stereocenters. The lowest BCUT2D eigenvalue weighted by Crippen LogP contribution is -2.14. The maximum absolute atomic E-state index is 2.44. The molecule has 0 bridgehead atoms. The van der Waals surface area contributed by atoms with Crippen LogP contribution in [0.5, 0.6) is 0 Å². The van der Waals surface area contributed by atoms with E-state index in [9.17, 15) is 0 Å². The number of benzene rings is 7. The van der Waals surface area contributed by atoms with Crippen LogP contribution in [0, 0.1) is 0 Å². The fourth-order valence-electron chi connectivity index (χ4n) is 7.72. The molecule has 8 aromatic rings. The number of para-hydroxylation sites is 1. The van der Waals surface area contributed by atoms with Crippen molar-refractivity contribution in [2.45, 2.75) is 19.3 Å². The third kappa shape index (κ3) is 4.02. The van der Waals surface area contributed by atoms with Crippen molar-refractivity contribution in [3.8, 4) is 50.2 Å². The first-order valence-electron chi connectivity index (χ1n) is 16.1. The summed E-state index contributed by atoms with van der Waals surface area (Å²) in [5, 5.41) is 2.65. The van der Waals surface area contributed by atoms with Crippen LogP contribution in [0.4, 0.5) is 0 Å². The van der Waals surface area contributed by atoms with E-state index < -0.39 is 0 Å². The Morgan fingerprint density at radius 2 is 0.957 bits per heavy atom. The SMILES string of the molecule is CC1(C)c2ccccc2-c2c1ccc1c2c2ccccc2n1-c1ccc(-c2cc(-c3ccccc3)cc(-c3ccccc3)c2)cc1. The van der Waals surface area contributed by atoms with Gasteiger partial charge in [-0.25, -0.2) is 0 Å². The maximum atomic E-state index is 2.44. The highest BCUT2D eigenvalue weighted by Crippen LogP contribution is 2.53. The summed E-state index contributed by atoms with van der Waals surface area (Å²) in [5.41, 5.74) is 16.5. The van der Waals surface area contributed by atoms with Crippen molar-refractivity contribution in [2.75, 3.05) is 0 Å². The second-order valence-electron chi connectivity index (χ2n) is 13.0. The van der Waals surface area contributed by atoms with Gasteiger partial charge in [0.25, 0.3) is 0 Å². The van der Waals surface area contributed by atoms with Crippen LogP contribution in [0.2, 0.25) is 0 Å². The molecule has 1 aliphatic carbocycles. The van der Waals surface area contributed by atoms with E-state index in [-0.39, 0.29) is 5.41 Å². The highest BCUT2D eigenvalue weighted by molar-refractivity contribution is 6.17. The summed E-state index contributed by atoms with van der Waals surface area (Å²) in [6.45, 7) is 4.72. The zero-order valence-electron chi connectivity index (χ0n) is 26.0. The molecule has 1 heterocycles. The molecule has 46 heavy (non-hydrogen) atoms. The summed E-state index contributed by atoms with van der Waals surface area (Å²) in [7, 11) is 0. The minimum absolute atomic E-state index is 0.0299. The van der Waals surface area contributed by atoms with Gasteiger partial charge in [0.1, 0.15) is 0 Å². The zero-order chi connectivity index (χ0) is 30.8. The van der Waals surface area contributed by atoms with Crippen LogP contribution in [0.3, 0.4) is 0 Å². The first-order chi connectivity index (χ1) is 22.6. The third-order valence-electron chi connectivity index (χ3n) is 9.99. The highest BCUT2D eigenvalue weighted by Gasteiger charge is 2.37. The lowest BCUT2D eigenvalue weighted by molar-refractivity contribution is 0.661. The van der Waals surface area contributed by atoms with Crippen LogP contribution < -0.4 is 0 Å². The van der Waals surface area contributed by atoms with Gasteiger partial charge in [0, 0.05) is 21.9 Å². The summed E-state index contributed by atoms with van der Waals surface area (Å²) in [4.78, 5) is 0. The molecule has 0 radical (unpaired) electrons. The molecule has 7 aromatic carbocycles. The van der Waals surface area contributed by atoms with Crippen molar-refractivity contribution in [2.24, 2.45) is 0 Å². The summed E-state index contributed by atoms with van der Waals surface area (Å²) < 4.78 is 2.44. The molecule has 0 aliphatic heterocycles. The molecule has 1 nitrogen and oxygen atoms in total. The molecule has 1 aliphatic rings. The molecule has 1 heteroatoms. The Bertz CT molecular complexity index is 2350. The van der Waals surface area contributed by atoms with Crippen molar-refractivity contribution < 1.29 is 0 Å². The van der Waals surface area contributed by atoms with Gasteiger partial charge < -0.3 is 4.57 Å². The van der Waals surface area contributed by atoms with Crippen LogP contribution >= 0.6 is 0 Å². The number of fused-ring (bicyclic) bond motifs is 7. The van der Waals surface area contributed by atoms with Gasteiger partial charge in [-0.3, -0.25) is 0 Å². The Morgan fingerprint density at radius 1 is 0.413 bits per heavy atom.